The van der Waals surface area contributed by atoms with Crippen molar-refractivity contribution in [2.45, 2.75) is 38.8 Å². The SMILES string of the molecule is CNC(=O)[C@H](Cc1ccccc1)N(Cc1ccccc1C)C(=O)CCc1ccc(OC)c(OC)c1. The second kappa shape index (κ2) is 12.6. The minimum absolute atomic E-state index is 0.0763. The van der Waals surface area contributed by atoms with E-state index in [4.69, 9.17) is 9.47 Å². The number of aryl methyl sites for hydroxylation is 2. The number of likely N-dealkylation sites (N-methyl/N-ethyl adjacent to an activating group) is 1. The summed E-state index contributed by atoms with van der Waals surface area (Å²) < 4.78 is 10.7. The molecule has 0 fully saturated rings. The van der Waals surface area contributed by atoms with Gasteiger partial charge in [0.2, 0.25) is 11.8 Å². The Morgan fingerprint density at radius 2 is 1.57 bits per heavy atom. The third-order valence-corrected chi connectivity index (χ3v) is 6.19. The van der Waals surface area contributed by atoms with Gasteiger partial charge in [-0.25, -0.2) is 0 Å². The Morgan fingerprint density at radius 1 is 0.886 bits per heavy atom. The predicted molar refractivity (Wildman–Crippen MR) is 138 cm³/mol. The van der Waals surface area contributed by atoms with Crippen LogP contribution in [-0.4, -0.2) is 44.0 Å². The third-order valence-electron chi connectivity index (χ3n) is 6.19. The minimum atomic E-state index is -0.625. The molecule has 0 aromatic heterocycles. The zero-order valence-electron chi connectivity index (χ0n) is 20.9. The molecular formula is C29H34N2O4. The number of benzene rings is 3. The number of hydrogen-bond acceptors (Lipinski definition) is 4. The fourth-order valence-electron chi connectivity index (χ4n) is 4.12. The van der Waals surface area contributed by atoms with Gasteiger partial charge in [0.1, 0.15) is 6.04 Å². The van der Waals surface area contributed by atoms with E-state index in [1.54, 1.807) is 26.2 Å². The summed E-state index contributed by atoms with van der Waals surface area (Å²) in [6.07, 6.45) is 1.23. The van der Waals surface area contributed by atoms with E-state index >= 15 is 0 Å². The van der Waals surface area contributed by atoms with E-state index in [0.717, 1.165) is 22.3 Å². The zero-order chi connectivity index (χ0) is 25.2. The topological polar surface area (TPSA) is 67.9 Å². The van der Waals surface area contributed by atoms with Gasteiger partial charge in [0.25, 0.3) is 0 Å². The van der Waals surface area contributed by atoms with Crippen molar-refractivity contribution in [3.8, 4) is 11.5 Å². The van der Waals surface area contributed by atoms with Crippen molar-refractivity contribution >= 4 is 11.8 Å². The first-order chi connectivity index (χ1) is 17.0. The van der Waals surface area contributed by atoms with E-state index in [-0.39, 0.29) is 18.2 Å². The van der Waals surface area contributed by atoms with Crippen LogP contribution in [0.2, 0.25) is 0 Å². The number of hydrogen-bond donors (Lipinski definition) is 1. The average Bonchev–Trinajstić information content (AvgIpc) is 2.90. The van der Waals surface area contributed by atoms with E-state index in [2.05, 4.69) is 5.32 Å². The zero-order valence-corrected chi connectivity index (χ0v) is 20.9. The van der Waals surface area contributed by atoms with Crippen molar-refractivity contribution in [1.82, 2.24) is 10.2 Å². The van der Waals surface area contributed by atoms with Gasteiger partial charge in [-0.05, 0) is 47.7 Å². The van der Waals surface area contributed by atoms with Crippen molar-refractivity contribution < 1.29 is 19.1 Å². The maximum Gasteiger partial charge on any atom is 0.242 e. The Labute approximate surface area is 207 Å². The molecule has 0 radical (unpaired) electrons. The molecule has 35 heavy (non-hydrogen) atoms. The maximum absolute atomic E-state index is 13.7. The smallest absolute Gasteiger partial charge is 0.242 e. The molecule has 0 bridgehead atoms. The van der Waals surface area contributed by atoms with E-state index in [9.17, 15) is 9.59 Å². The lowest BCUT2D eigenvalue weighted by Gasteiger charge is -2.31. The van der Waals surface area contributed by atoms with Crippen molar-refractivity contribution in [1.29, 1.82) is 0 Å². The van der Waals surface area contributed by atoms with Crippen LogP contribution in [0.3, 0.4) is 0 Å². The first-order valence-corrected chi connectivity index (χ1v) is 11.8. The van der Waals surface area contributed by atoms with Crippen LogP contribution < -0.4 is 14.8 Å². The Morgan fingerprint density at radius 3 is 2.23 bits per heavy atom. The van der Waals surface area contributed by atoms with Crippen molar-refractivity contribution in [2.24, 2.45) is 0 Å². The van der Waals surface area contributed by atoms with Crippen LogP contribution in [0.5, 0.6) is 11.5 Å². The fraction of sp³-hybridized carbons (Fsp3) is 0.310. The van der Waals surface area contributed by atoms with Gasteiger partial charge >= 0.3 is 0 Å². The molecule has 3 rings (SSSR count). The van der Waals surface area contributed by atoms with E-state index < -0.39 is 6.04 Å². The number of carbonyl (C=O) groups excluding carboxylic acids is 2. The van der Waals surface area contributed by atoms with Crippen LogP contribution in [0.4, 0.5) is 0 Å². The monoisotopic (exact) mass is 474 g/mol. The van der Waals surface area contributed by atoms with Crippen LogP contribution in [0, 0.1) is 6.92 Å². The second-order valence-corrected chi connectivity index (χ2v) is 8.46. The van der Waals surface area contributed by atoms with E-state index in [1.165, 1.54) is 0 Å². The summed E-state index contributed by atoms with van der Waals surface area (Å²) >= 11 is 0. The Kier molecular flexibility index (Phi) is 9.30. The predicted octanol–water partition coefficient (Wildman–Crippen LogP) is 4.33. The van der Waals surface area contributed by atoms with Gasteiger partial charge < -0.3 is 19.7 Å². The quantitative estimate of drug-likeness (QED) is 0.449. The highest BCUT2D eigenvalue weighted by atomic mass is 16.5. The summed E-state index contributed by atoms with van der Waals surface area (Å²) in [5.74, 6) is 1.02. The molecule has 6 nitrogen and oxygen atoms in total. The number of amides is 2. The van der Waals surface area contributed by atoms with E-state index in [0.29, 0.717) is 30.9 Å². The second-order valence-electron chi connectivity index (χ2n) is 8.46. The largest absolute Gasteiger partial charge is 0.493 e. The molecule has 3 aromatic rings. The van der Waals surface area contributed by atoms with Gasteiger partial charge in [-0.15, -0.1) is 0 Å². The molecule has 0 aliphatic rings. The van der Waals surface area contributed by atoms with Crippen molar-refractivity contribution in [2.75, 3.05) is 21.3 Å². The molecule has 0 aliphatic heterocycles. The highest BCUT2D eigenvalue weighted by molar-refractivity contribution is 5.88. The number of nitrogens with one attached hydrogen (secondary N) is 1. The first kappa shape index (κ1) is 25.8. The van der Waals surface area contributed by atoms with Gasteiger partial charge in [-0.3, -0.25) is 9.59 Å². The highest BCUT2D eigenvalue weighted by Gasteiger charge is 2.29. The molecule has 0 saturated carbocycles. The lowest BCUT2D eigenvalue weighted by atomic mass is 10.0. The summed E-state index contributed by atoms with van der Waals surface area (Å²) in [6, 6.07) is 22.8. The standard InChI is InChI=1S/C29H34N2O4/c1-21-10-8-9-13-24(21)20-31(25(29(33)30-2)18-22-11-6-5-7-12-22)28(32)17-15-23-14-16-26(34-3)27(19-23)35-4/h5-14,16,19,25H,15,17-18,20H2,1-4H3,(H,30,33)/t25-/m0/s1. The number of rotatable bonds is 11. The highest BCUT2D eigenvalue weighted by Crippen LogP contribution is 2.28. The van der Waals surface area contributed by atoms with Crippen molar-refractivity contribution in [3.63, 3.8) is 0 Å². The molecule has 0 heterocycles. The third kappa shape index (κ3) is 6.85. The average molecular weight is 475 g/mol. The molecule has 3 aromatic carbocycles. The van der Waals surface area contributed by atoms with Gasteiger partial charge in [0, 0.05) is 26.4 Å². The Hall–Kier alpha value is -3.80. The molecule has 184 valence electrons. The summed E-state index contributed by atoms with van der Waals surface area (Å²) in [6.45, 7) is 2.38. The number of ether oxygens (including phenoxy) is 2. The van der Waals surface area contributed by atoms with Crippen LogP contribution in [-0.2, 0) is 29.0 Å². The van der Waals surface area contributed by atoms with Gasteiger partial charge in [-0.2, -0.15) is 0 Å². The molecule has 6 heteroatoms. The number of carbonyl (C=O) groups is 2. The molecule has 0 saturated heterocycles. The number of methoxy groups -OCH3 is 2. The molecule has 2 amide bonds. The molecule has 0 spiro atoms. The lowest BCUT2D eigenvalue weighted by Crippen LogP contribution is -2.49. The van der Waals surface area contributed by atoms with Gasteiger partial charge in [0.05, 0.1) is 14.2 Å². The molecular weight excluding hydrogens is 440 g/mol. The molecule has 1 N–H and O–H groups in total. The van der Waals surface area contributed by atoms with Crippen LogP contribution in [0.25, 0.3) is 0 Å². The number of nitrogens with zero attached hydrogens (tertiary/aromatic N) is 1. The Balaban J connectivity index is 1.88. The van der Waals surface area contributed by atoms with Crippen LogP contribution in [0.1, 0.15) is 28.7 Å². The van der Waals surface area contributed by atoms with Crippen LogP contribution >= 0.6 is 0 Å². The van der Waals surface area contributed by atoms with Gasteiger partial charge in [-0.1, -0.05) is 60.7 Å². The summed E-state index contributed by atoms with van der Waals surface area (Å²) in [4.78, 5) is 28.4. The van der Waals surface area contributed by atoms with Crippen LogP contribution in [0.15, 0.2) is 72.8 Å². The molecule has 0 aliphatic carbocycles. The fourth-order valence-corrected chi connectivity index (χ4v) is 4.12. The summed E-state index contributed by atoms with van der Waals surface area (Å²) in [7, 11) is 4.80. The van der Waals surface area contributed by atoms with Gasteiger partial charge in [0.15, 0.2) is 11.5 Å². The van der Waals surface area contributed by atoms with Crippen molar-refractivity contribution in [3.05, 3.63) is 95.1 Å². The van der Waals surface area contributed by atoms with E-state index in [1.807, 2.05) is 79.7 Å². The maximum atomic E-state index is 13.7. The molecule has 1 atom stereocenters. The lowest BCUT2D eigenvalue weighted by molar-refractivity contribution is -0.141. The normalized spacial score (nSPS) is 11.4. The molecule has 0 unspecified atom stereocenters. The first-order valence-electron chi connectivity index (χ1n) is 11.8. The Bertz CT molecular complexity index is 1130. The summed E-state index contributed by atoms with van der Waals surface area (Å²) in [5, 5.41) is 2.76. The summed E-state index contributed by atoms with van der Waals surface area (Å²) in [5.41, 5.74) is 4.07. The minimum Gasteiger partial charge on any atom is -0.493 e.